The first-order valence-electron chi connectivity index (χ1n) is 6.90. The Morgan fingerprint density at radius 3 is 2.55 bits per heavy atom. The molecule has 0 fully saturated rings. The van der Waals surface area contributed by atoms with E-state index in [9.17, 15) is 8.42 Å². The predicted molar refractivity (Wildman–Crippen MR) is 83.6 cm³/mol. The standard InChI is InChI=1S/C14H23ClN2O2S/c1-4-6-9-17(5-2)20(18,19)14-10-12(11-16-3)7-8-13(14)15/h7-8,10,16H,4-6,9,11H2,1-3H3. The second-order valence-electron chi connectivity index (χ2n) is 4.65. The molecule has 1 aromatic carbocycles. The summed E-state index contributed by atoms with van der Waals surface area (Å²) in [5.74, 6) is 0. The molecule has 0 heterocycles. The molecule has 1 N–H and O–H groups in total. The Bertz CT molecular complexity index is 532. The summed E-state index contributed by atoms with van der Waals surface area (Å²) in [6.07, 6.45) is 1.81. The van der Waals surface area contributed by atoms with E-state index in [4.69, 9.17) is 11.6 Å². The second kappa shape index (κ2) is 7.98. The van der Waals surface area contributed by atoms with Crippen LogP contribution in [-0.2, 0) is 16.6 Å². The summed E-state index contributed by atoms with van der Waals surface area (Å²) < 4.78 is 26.8. The highest BCUT2D eigenvalue weighted by Gasteiger charge is 2.25. The van der Waals surface area contributed by atoms with Crippen molar-refractivity contribution in [3.05, 3.63) is 28.8 Å². The summed E-state index contributed by atoms with van der Waals surface area (Å²) in [6.45, 7) is 5.48. The molecule has 0 aliphatic heterocycles. The van der Waals surface area contributed by atoms with E-state index in [-0.39, 0.29) is 9.92 Å². The average molecular weight is 319 g/mol. The Hall–Kier alpha value is -0.620. The van der Waals surface area contributed by atoms with Crippen molar-refractivity contribution < 1.29 is 8.42 Å². The van der Waals surface area contributed by atoms with Crippen molar-refractivity contribution in [1.29, 1.82) is 0 Å². The highest BCUT2D eigenvalue weighted by molar-refractivity contribution is 7.89. The minimum Gasteiger partial charge on any atom is -0.316 e. The smallest absolute Gasteiger partial charge is 0.244 e. The molecule has 0 aliphatic carbocycles. The van der Waals surface area contributed by atoms with Crippen molar-refractivity contribution in [2.45, 2.75) is 38.1 Å². The van der Waals surface area contributed by atoms with Gasteiger partial charge in [-0.1, -0.05) is 37.9 Å². The lowest BCUT2D eigenvalue weighted by molar-refractivity contribution is 0.419. The van der Waals surface area contributed by atoms with Crippen molar-refractivity contribution >= 4 is 21.6 Å². The SMILES string of the molecule is CCCCN(CC)S(=O)(=O)c1cc(CNC)ccc1Cl. The van der Waals surface area contributed by atoms with Crippen LogP contribution in [0.1, 0.15) is 32.3 Å². The van der Waals surface area contributed by atoms with Crippen LogP contribution < -0.4 is 5.32 Å². The van der Waals surface area contributed by atoms with Gasteiger partial charge in [-0.2, -0.15) is 4.31 Å². The fourth-order valence-corrected chi connectivity index (χ4v) is 3.99. The molecule has 0 atom stereocenters. The Kier molecular flexibility index (Phi) is 6.95. The van der Waals surface area contributed by atoms with Gasteiger partial charge < -0.3 is 5.32 Å². The van der Waals surface area contributed by atoms with E-state index in [1.54, 1.807) is 12.1 Å². The summed E-state index contributed by atoms with van der Waals surface area (Å²) in [5.41, 5.74) is 0.905. The molecule has 6 heteroatoms. The van der Waals surface area contributed by atoms with Gasteiger partial charge in [0.15, 0.2) is 0 Å². The van der Waals surface area contributed by atoms with Crippen molar-refractivity contribution in [2.75, 3.05) is 20.1 Å². The zero-order chi connectivity index (χ0) is 15.2. The number of hydrogen-bond donors (Lipinski definition) is 1. The molecule has 0 unspecified atom stereocenters. The fourth-order valence-electron chi connectivity index (χ4n) is 1.98. The number of nitrogens with zero attached hydrogens (tertiary/aromatic N) is 1. The van der Waals surface area contributed by atoms with Gasteiger partial charge in [-0.25, -0.2) is 8.42 Å². The zero-order valence-corrected chi connectivity index (χ0v) is 13.9. The van der Waals surface area contributed by atoms with E-state index in [1.807, 2.05) is 27.0 Å². The van der Waals surface area contributed by atoms with Crippen LogP contribution >= 0.6 is 11.6 Å². The molecule has 1 rings (SSSR count). The molecule has 20 heavy (non-hydrogen) atoms. The van der Waals surface area contributed by atoms with Crippen LogP contribution in [0.4, 0.5) is 0 Å². The summed E-state index contributed by atoms with van der Waals surface area (Å²) in [5, 5.41) is 3.29. The second-order valence-corrected chi connectivity index (χ2v) is 6.96. The van der Waals surface area contributed by atoms with Crippen molar-refractivity contribution in [2.24, 2.45) is 0 Å². The van der Waals surface area contributed by atoms with Crippen LogP contribution in [0.5, 0.6) is 0 Å². The number of halogens is 1. The molecule has 1 aromatic rings. The normalized spacial score (nSPS) is 12.1. The highest BCUT2D eigenvalue weighted by atomic mass is 35.5. The minimum absolute atomic E-state index is 0.199. The first-order valence-corrected chi connectivity index (χ1v) is 8.72. The third kappa shape index (κ3) is 4.19. The van der Waals surface area contributed by atoms with Gasteiger partial charge in [0, 0.05) is 19.6 Å². The Morgan fingerprint density at radius 1 is 1.30 bits per heavy atom. The van der Waals surface area contributed by atoms with E-state index < -0.39 is 10.0 Å². The largest absolute Gasteiger partial charge is 0.316 e. The predicted octanol–water partition coefficient (Wildman–Crippen LogP) is 2.87. The first kappa shape index (κ1) is 17.4. The van der Waals surface area contributed by atoms with Gasteiger partial charge in [0.2, 0.25) is 10.0 Å². The first-order chi connectivity index (χ1) is 9.47. The lowest BCUT2D eigenvalue weighted by Gasteiger charge is -2.21. The van der Waals surface area contributed by atoms with Crippen LogP contribution in [0, 0.1) is 0 Å². The van der Waals surface area contributed by atoms with E-state index in [0.29, 0.717) is 19.6 Å². The van der Waals surface area contributed by atoms with Gasteiger partial charge in [-0.15, -0.1) is 0 Å². The van der Waals surface area contributed by atoms with Gasteiger partial charge >= 0.3 is 0 Å². The molecular formula is C14H23ClN2O2S. The Labute approximate surface area is 127 Å². The fraction of sp³-hybridized carbons (Fsp3) is 0.571. The van der Waals surface area contributed by atoms with E-state index in [0.717, 1.165) is 18.4 Å². The number of sulfonamides is 1. The van der Waals surface area contributed by atoms with E-state index in [2.05, 4.69) is 5.32 Å². The van der Waals surface area contributed by atoms with Crippen LogP contribution in [0.2, 0.25) is 5.02 Å². The molecular weight excluding hydrogens is 296 g/mol. The van der Waals surface area contributed by atoms with Crippen LogP contribution in [-0.4, -0.2) is 32.9 Å². The Morgan fingerprint density at radius 2 is 2.00 bits per heavy atom. The van der Waals surface area contributed by atoms with E-state index >= 15 is 0 Å². The minimum atomic E-state index is -3.52. The molecule has 114 valence electrons. The van der Waals surface area contributed by atoms with Gasteiger partial charge in [0.25, 0.3) is 0 Å². The van der Waals surface area contributed by atoms with Gasteiger partial charge in [-0.3, -0.25) is 0 Å². The van der Waals surface area contributed by atoms with Crippen molar-refractivity contribution in [3.63, 3.8) is 0 Å². The molecule has 0 radical (unpaired) electrons. The maximum absolute atomic E-state index is 12.7. The molecule has 0 aliphatic rings. The number of nitrogens with one attached hydrogen (secondary N) is 1. The molecule has 0 saturated heterocycles. The van der Waals surface area contributed by atoms with Crippen LogP contribution in [0.15, 0.2) is 23.1 Å². The summed E-state index contributed by atoms with van der Waals surface area (Å²) >= 11 is 6.09. The van der Waals surface area contributed by atoms with Crippen molar-refractivity contribution in [3.8, 4) is 0 Å². The summed E-state index contributed by atoms with van der Waals surface area (Å²) in [7, 11) is -1.70. The lowest BCUT2D eigenvalue weighted by atomic mass is 10.2. The number of rotatable bonds is 8. The molecule has 0 aromatic heterocycles. The Balaban J connectivity index is 3.15. The molecule has 0 saturated carbocycles. The lowest BCUT2D eigenvalue weighted by Crippen LogP contribution is -2.32. The zero-order valence-electron chi connectivity index (χ0n) is 12.3. The van der Waals surface area contributed by atoms with Gasteiger partial charge in [0.05, 0.1) is 5.02 Å². The van der Waals surface area contributed by atoms with Gasteiger partial charge in [-0.05, 0) is 31.2 Å². The molecule has 4 nitrogen and oxygen atoms in total. The topological polar surface area (TPSA) is 49.4 Å². The summed E-state index contributed by atoms with van der Waals surface area (Å²) in [6, 6.07) is 5.14. The number of benzene rings is 1. The highest BCUT2D eigenvalue weighted by Crippen LogP contribution is 2.26. The van der Waals surface area contributed by atoms with Crippen molar-refractivity contribution in [1.82, 2.24) is 9.62 Å². The van der Waals surface area contributed by atoms with E-state index in [1.165, 1.54) is 4.31 Å². The maximum Gasteiger partial charge on any atom is 0.244 e. The molecule has 0 spiro atoms. The monoisotopic (exact) mass is 318 g/mol. The average Bonchev–Trinajstić information content (AvgIpc) is 2.41. The quantitative estimate of drug-likeness (QED) is 0.802. The summed E-state index contributed by atoms with van der Waals surface area (Å²) in [4.78, 5) is 0.199. The third-order valence-corrected chi connectivity index (χ3v) is 5.56. The number of hydrogen-bond acceptors (Lipinski definition) is 3. The maximum atomic E-state index is 12.7. The van der Waals surface area contributed by atoms with Gasteiger partial charge in [0.1, 0.15) is 4.90 Å². The third-order valence-electron chi connectivity index (χ3n) is 3.11. The molecule has 0 amide bonds. The number of unbranched alkanes of at least 4 members (excludes halogenated alkanes) is 1. The molecule has 0 bridgehead atoms. The van der Waals surface area contributed by atoms with Crippen LogP contribution in [0.25, 0.3) is 0 Å². The van der Waals surface area contributed by atoms with Crippen LogP contribution in [0.3, 0.4) is 0 Å².